The fourth-order valence-corrected chi connectivity index (χ4v) is 4.43. The average Bonchev–Trinajstić information content (AvgIpc) is 3.53. The smallest absolute Gasteiger partial charge is 0.433 e. The minimum atomic E-state index is -0.578. The summed E-state index contributed by atoms with van der Waals surface area (Å²) >= 11 is 1.47. The van der Waals surface area contributed by atoms with Crippen molar-refractivity contribution in [2.45, 2.75) is 6.54 Å². The summed E-state index contributed by atoms with van der Waals surface area (Å²) in [5, 5.41) is 19.7. The summed E-state index contributed by atoms with van der Waals surface area (Å²) < 4.78 is 12.3. The molecule has 174 valence electrons. The van der Waals surface area contributed by atoms with Crippen LogP contribution in [0.3, 0.4) is 0 Å². The Morgan fingerprint density at radius 3 is 2.63 bits per heavy atom. The topological polar surface area (TPSA) is 95.2 Å². The quantitative estimate of drug-likeness (QED) is 0.164. The molecule has 3 aromatic carbocycles. The molecular formula is C26H20N4O4S. The minimum Gasteiger partial charge on any atom is -0.497 e. The average molecular weight is 485 g/mol. The van der Waals surface area contributed by atoms with Crippen LogP contribution in [0.1, 0.15) is 11.3 Å². The SMILES string of the molecule is COc1ccc2cc(-c3csc(=NCc4ccccc4)n3N=Cc3ccc([N+](=O)[O-])o3)ccc2c1. The number of ether oxygens (including phenoxy) is 1. The van der Waals surface area contributed by atoms with E-state index in [9.17, 15) is 10.1 Å². The molecule has 0 aliphatic heterocycles. The lowest BCUT2D eigenvalue weighted by Gasteiger charge is -2.07. The zero-order valence-corrected chi connectivity index (χ0v) is 19.5. The zero-order valence-electron chi connectivity index (χ0n) is 18.7. The van der Waals surface area contributed by atoms with Crippen molar-refractivity contribution >= 4 is 34.2 Å². The van der Waals surface area contributed by atoms with Crippen molar-refractivity contribution in [3.63, 3.8) is 0 Å². The second-order valence-corrected chi connectivity index (χ2v) is 8.46. The van der Waals surface area contributed by atoms with E-state index in [1.807, 2.05) is 66.0 Å². The molecule has 5 rings (SSSR count). The zero-order chi connectivity index (χ0) is 24.2. The van der Waals surface area contributed by atoms with Gasteiger partial charge in [-0.1, -0.05) is 48.5 Å². The third-order valence-electron chi connectivity index (χ3n) is 5.36. The maximum Gasteiger partial charge on any atom is 0.433 e. The van der Waals surface area contributed by atoms with Gasteiger partial charge >= 0.3 is 5.88 Å². The Hall–Kier alpha value is -4.50. The van der Waals surface area contributed by atoms with Crippen LogP contribution in [-0.2, 0) is 6.54 Å². The molecule has 0 unspecified atom stereocenters. The maximum absolute atomic E-state index is 10.9. The summed E-state index contributed by atoms with van der Waals surface area (Å²) in [5.41, 5.74) is 2.89. The van der Waals surface area contributed by atoms with Gasteiger partial charge in [-0.2, -0.15) is 5.10 Å². The number of methoxy groups -OCH3 is 1. The van der Waals surface area contributed by atoms with Gasteiger partial charge in [-0.25, -0.2) is 4.68 Å². The van der Waals surface area contributed by atoms with Crippen molar-refractivity contribution in [1.29, 1.82) is 0 Å². The van der Waals surface area contributed by atoms with Crippen LogP contribution in [0.15, 0.2) is 98.8 Å². The van der Waals surface area contributed by atoms with Gasteiger partial charge in [0.2, 0.25) is 4.80 Å². The first-order valence-electron chi connectivity index (χ1n) is 10.7. The van der Waals surface area contributed by atoms with Crippen molar-refractivity contribution in [2.24, 2.45) is 10.1 Å². The lowest BCUT2D eigenvalue weighted by molar-refractivity contribution is -0.402. The molecule has 8 nitrogen and oxygen atoms in total. The summed E-state index contributed by atoms with van der Waals surface area (Å²) in [6.07, 6.45) is 1.46. The molecule has 0 aliphatic rings. The van der Waals surface area contributed by atoms with Crippen LogP contribution in [0.4, 0.5) is 5.88 Å². The Morgan fingerprint density at radius 2 is 1.86 bits per heavy atom. The number of furan rings is 1. The van der Waals surface area contributed by atoms with Gasteiger partial charge in [-0.15, -0.1) is 11.3 Å². The number of nitro groups is 1. The summed E-state index contributed by atoms with van der Waals surface area (Å²) in [4.78, 5) is 15.8. The normalized spacial score (nSPS) is 12.0. The van der Waals surface area contributed by atoms with E-state index in [1.54, 1.807) is 11.8 Å². The first-order valence-corrected chi connectivity index (χ1v) is 11.6. The fourth-order valence-electron chi connectivity index (χ4n) is 3.59. The molecule has 2 heterocycles. The number of rotatable bonds is 7. The predicted molar refractivity (Wildman–Crippen MR) is 136 cm³/mol. The second kappa shape index (κ2) is 9.78. The van der Waals surface area contributed by atoms with Gasteiger partial charge in [0, 0.05) is 10.9 Å². The fraction of sp³-hybridized carbons (Fsp3) is 0.0769. The Kier molecular flexibility index (Phi) is 6.23. The molecule has 0 spiro atoms. The molecular weight excluding hydrogens is 464 g/mol. The van der Waals surface area contributed by atoms with Gasteiger partial charge in [0.05, 0.1) is 31.6 Å². The number of fused-ring (bicyclic) bond motifs is 1. The summed E-state index contributed by atoms with van der Waals surface area (Å²) in [5.74, 6) is 0.747. The number of benzene rings is 3. The highest BCUT2D eigenvalue weighted by Crippen LogP contribution is 2.27. The summed E-state index contributed by atoms with van der Waals surface area (Å²) in [6.45, 7) is 0.500. The molecule has 0 N–H and O–H groups in total. The van der Waals surface area contributed by atoms with Crippen molar-refractivity contribution in [3.8, 4) is 17.0 Å². The van der Waals surface area contributed by atoms with Crippen molar-refractivity contribution in [2.75, 3.05) is 7.11 Å². The van der Waals surface area contributed by atoms with Gasteiger partial charge < -0.3 is 9.15 Å². The van der Waals surface area contributed by atoms with Gasteiger partial charge in [0.15, 0.2) is 5.76 Å². The molecule has 0 radical (unpaired) electrons. The monoisotopic (exact) mass is 484 g/mol. The first kappa shape index (κ1) is 22.3. The number of hydrogen-bond donors (Lipinski definition) is 0. The van der Waals surface area contributed by atoms with E-state index in [4.69, 9.17) is 14.1 Å². The van der Waals surface area contributed by atoms with Gasteiger partial charge in [0.1, 0.15) is 10.7 Å². The van der Waals surface area contributed by atoms with Crippen LogP contribution in [0.2, 0.25) is 0 Å². The second-order valence-electron chi connectivity index (χ2n) is 7.62. The number of nitrogens with zero attached hydrogens (tertiary/aromatic N) is 4. The van der Waals surface area contributed by atoms with Crippen LogP contribution in [0, 0.1) is 10.1 Å². The highest BCUT2D eigenvalue weighted by molar-refractivity contribution is 7.07. The molecule has 0 atom stereocenters. The van der Waals surface area contributed by atoms with Crippen molar-refractivity contribution in [3.05, 3.63) is 110 Å². The van der Waals surface area contributed by atoms with E-state index in [0.717, 1.165) is 33.3 Å². The highest BCUT2D eigenvalue weighted by atomic mass is 32.1. The van der Waals surface area contributed by atoms with Gasteiger partial charge in [-0.3, -0.25) is 15.1 Å². The number of aromatic nitrogens is 1. The Morgan fingerprint density at radius 1 is 1.06 bits per heavy atom. The third-order valence-corrected chi connectivity index (χ3v) is 6.22. The molecule has 5 aromatic rings. The van der Waals surface area contributed by atoms with Crippen molar-refractivity contribution < 1.29 is 14.1 Å². The minimum absolute atomic E-state index is 0.279. The molecule has 2 aromatic heterocycles. The van der Waals surface area contributed by atoms with E-state index in [1.165, 1.54) is 29.7 Å². The van der Waals surface area contributed by atoms with E-state index in [0.29, 0.717) is 11.3 Å². The number of hydrogen-bond acceptors (Lipinski definition) is 7. The van der Waals surface area contributed by atoms with Crippen LogP contribution < -0.4 is 9.54 Å². The van der Waals surface area contributed by atoms with Crippen LogP contribution in [-0.4, -0.2) is 22.9 Å². The third kappa shape index (κ3) is 4.90. The molecule has 9 heteroatoms. The van der Waals surface area contributed by atoms with E-state index >= 15 is 0 Å². The maximum atomic E-state index is 10.9. The van der Waals surface area contributed by atoms with E-state index < -0.39 is 4.92 Å². The highest BCUT2D eigenvalue weighted by Gasteiger charge is 2.12. The molecule has 0 saturated heterocycles. The first-order chi connectivity index (χ1) is 17.1. The lowest BCUT2D eigenvalue weighted by atomic mass is 10.1. The molecule has 35 heavy (non-hydrogen) atoms. The van der Waals surface area contributed by atoms with Crippen LogP contribution in [0.25, 0.3) is 22.0 Å². The van der Waals surface area contributed by atoms with E-state index in [-0.39, 0.29) is 11.6 Å². The Bertz CT molecular complexity index is 1600. The molecule has 0 bridgehead atoms. The van der Waals surface area contributed by atoms with Crippen molar-refractivity contribution in [1.82, 2.24) is 4.68 Å². The standard InChI is InChI=1S/C26H20N4O4S/c1-33-22-10-9-19-13-21(8-7-20(19)14-22)24-17-35-26(27-15-18-5-3-2-4-6-18)29(24)28-16-23-11-12-25(34-23)30(31)32/h2-14,16-17H,15H2,1H3. The Labute approximate surface area is 204 Å². The predicted octanol–water partition coefficient (Wildman–Crippen LogP) is 5.86. The van der Waals surface area contributed by atoms with Gasteiger partial charge in [-0.05, 0) is 40.6 Å². The van der Waals surface area contributed by atoms with Gasteiger partial charge in [0.25, 0.3) is 0 Å². The largest absolute Gasteiger partial charge is 0.497 e. The molecule has 0 saturated carbocycles. The lowest BCUT2D eigenvalue weighted by Crippen LogP contribution is -2.12. The Balaban J connectivity index is 1.57. The number of thiazole rings is 1. The molecule has 0 fully saturated rings. The van der Waals surface area contributed by atoms with E-state index in [2.05, 4.69) is 11.2 Å². The van der Waals surface area contributed by atoms with Crippen LogP contribution in [0.5, 0.6) is 5.75 Å². The molecule has 0 aliphatic carbocycles. The van der Waals surface area contributed by atoms with Crippen LogP contribution >= 0.6 is 11.3 Å². The summed E-state index contributed by atoms with van der Waals surface area (Å²) in [6, 6.07) is 24.9. The molecule has 0 amide bonds. The summed E-state index contributed by atoms with van der Waals surface area (Å²) in [7, 11) is 1.65.